The first-order valence-corrected chi connectivity index (χ1v) is 4.41. The van der Waals surface area contributed by atoms with Crippen molar-refractivity contribution >= 4 is 11.6 Å². The molecule has 1 saturated heterocycles. The van der Waals surface area contributed by atoms with Crippen molar-refractivity contribution < 1.29 is 14.0 Å². The first-order valence-electron chi connectivity index (χ1n) is 4.41. The summed E-state index contributed by atoms with van der Waals surface area (Å²) in [4.78, 5) is 3.67. The Hall–Kier alpha value is -1.69. The Labute approximate surface area is 84.8 Å². The van der Waals surface area contributed by atoms with Gasteiger partial charge >= 0.3 is 0 Å². The summed E-state index contributed by atoms with van der Waals surface area (Å²) < 4.78 is 26.3. The number of rotatable bonds is 1. The molecular weight excluding hydrogens is 204 g/mol. The molecule has 1 aliphatic rings. The molecule has 1 aliphatic heterocycles. The molecule has 0 unspecified atom stereocenters. The lowest BCUT2D eigenvalue weighted by molar-refractivity contribution is -0.00128. The van der Waals surface area contributed by atoms with Crippen LogP contribution in [0.2, 0.25) is 0 Å². The number of guanidine groups is 1. The number of halogens is 2. The normalized spacial score (nSPS) is 18.3. The number of aliphatic imine (C=N–C) groups is 1. The molecule has 1 heterocycles. The fourth-order valence-corrected chi connectivity index (χ4v) is 1.27. The van der Waals surface area contributed by atoms with Crippen LogP contribution in [0, 0.1) is 11.6 Å². The molecule has 0 aliphatic carbocycles. The van der Waals surface area contributed by atoms with E-state index in [1.807, 2.05) is 0 Å². The van der Waals surface area contributed by atoms with Crippen molar-refractivity contribution in [3.05, 3.63) is 29.8 Å². The van der Waals surface area contributed by atoms with E-state index in [9.17, 15) is 14.0 Å². The van der Waals surface area contributed by atoms with Crippen molar-refractivity contribution in [2.75, 3.05) is 13.1 Å². The van der Waals surface area contributed by atoms with E-state index in [4.69, 9.17) is 0 Å². The zero-order valence-corrected chi connectivity index (χ0v) is 7.74. The van der Waals surface area contributed by atoms with Gasteiger partial charge in [0.2, 0.25) is 5.96 Å². The smallest absolute Gasteiger partial charge is 0.223 e. The van der Waals surface area contributed by atoms with Gasteiger partial charge < -0.3 is 5.32 Å². The molecule has 6 heteroatoms. The third-order valence-electron chi connectivity index (χ3n) is 2.01. The molecule has 0 atom stereocenters. The van der Waals surface area contributed by atoms with E-state index in [1.165, 1.54) is 6.07 Å². The van der Waals surface area contributed by atoms with E-state index in [-0.39, 0.29) is 5.96 Å². The Morgan fingerprint density at radius 1 is 1.33 bits per heavy atom. The summed E-state index contributed by atoms with van der Waals surface area (Å²) in [6, 6.07) is 3.48. The summed E-state index contributed by atoms with van der Waals surface area (Å²) >= 11 is 0. The topological polar surface area (TPSA) is 47.9 Å². The first kappa shape index (κ1) is 9.85. The molecule has 0 saturated carbocycles. The van der Waals surface area contributed by atoms with Gasteiger partial charge in [-0.1, -0.05) is 6.07 Å². The highest BCUT2D eigenvalue weighted by molar-refractivity contribution is 5.83. The van der Waals surface area contributed by atoms with Crippen molar-refractivity contribution in [3.63, 3.8) is 0 Å². The van der Waals surface area contributed by atoms with Gasteiger partial charge in [0, 0.05) is 6.54 Å². The van der Waals surface area contributed by atoms with Crippen LogP contribution in [0.4, 0.5) is 14.5 Å². The van der Waals surface area contributed by atoms with E-state index >= 15 is 0 Å². The van der Waals surface area contributed by atoms with Crippen LogP contribution >= 0.6 is 0 Å². The molecule has 0 spiro atoms. The molecule has 1 fully saturated rings. The van der Waals surface area contributed by atoms with Crippen molar-refractivity contribution in [2.45, 2.75) is 0 Å². The summed E-state index contributed by atoms with van der Waals surface area (Å²) in [6.45, 7) is 0.834. The molecule has 0 bridgehead atoms. The van der Waals surface area contributed by atoms with Gasteiger partial charge in [-0.15, -0.1) is 0 Å². The van der Waals surface area contributed by atoms with Crippen molar-refractivity contribution in [1.82, 2.24) is 10.4 Å². The summed E-state index contributed by atoms with van der Waals surface area (Å²) in [5.41, 5.74) is -0.402. The lowest BCUT2D eigenvalue weighted by Crippen LogP contribution is -2.26. The van der Waals surface area contributed by atoms with E-state index in [1.54, 1.807) is 0 Å². The molecule has 2 rings (SSSR count). The molecule has 1 aromatic rings. The molecule has 2 N–H and O–H groups in total. The highest BCUT2D eigenvalue weighted by atomic mass is 19.1. The predicted molar refractivity (Wildman–Crippen MR) is 49.9 cm³/mol. The van der Waals surface area contributed by atoms with Gasteiger partial charge in [-0.2, -0.15) is 0 Å². The van der Waals surface area contributed by atoms with E-state index in [0.29, 0.717) is 13.1 Å². The maximum Gasteiger partial charge on any atom is 0.223 e. The molecule has 0 aromatic heterocycles. The van der Waals surface area contributed by atoms with Crippen LogP contribution in [0.1, 0.15) is 0 Å². The van der Waals surface area contributed by atoms with Crippen molar-refractivity contribution in [3.8, 4) is 0 Å². The van der Waals surface area contributed by atoms with Gasteiger partial charge in [-0.25, -0.2) is 18.8 Å². The maximum absolute atomic E-state index is 13.2. The molecule has 0 amide bonds. The minimum Gasteiger partial charge on any atom is -0.352 e. The van der Waals surface area contributed by atoms with Gasteiger partial charge in [-0.3, -0.25) is 5.21 Å². The summed E-state index contributed by atoms with van der Waals surface area (Å²) in [5.74, 6) is -1.46. The number of nitrogens with one attached hydrogen (secondary N) is 1. The second-order valence-electron chi connectivity index (χ2n) is 3.06. The van der Waals surface area contributed by atoms with Crippen LogP contribution in [0.5, 0.6) is 0 Å². The quantitative estimate of drug-likeness (QED) is 0.738. The van der Waals surface area contributed by atoms with Crippen molar-refractivity contribution in [2.24, 2.45) is 4.99 Å². The Bertz CT molecular complexity index is 388. The zero-order chi connectivity index (χ0) is 10.8. The summed E-state index contributed by atoms with van der Waals surface area (Å²) in [7, 11) is 0. The third kappa shape index (κ3) is 1.89. The summed E-state index contributed by atoms with van der Waals surface area (Å²) in [5, 5.41) is 12.7. The SMILES string of the molecule is ON1CCN/C1=N\c1c(F)cccc1F. The van der Waals surface area contributed by atoms with Crippen LogP contribution in [0.3, 0.4) is 0 Å². The second kappa shape index (κ2) is 3.82. The van der Waals surface area contributed by atoms with Crippen molar-refractivity contribution in [1.29, 1.82) is 0 Å². The standard InChI is InChI=1S/C9H9F2N3O/c10-6-2-1-3-7(11)8(6)13-9-12-4-5-14(9)15/h1-3,15H,4-5H2,(H,12,13). The van der Waals surface area contributed by atoms with Crippen LogP contribution in [0.15, 0.2) is 23.2 Å². The Morgan fingerprint density at radius 3 is 2.53 bits per heavy atom. The number of benzene rings is 1. The third-order valence-corrected chi connectivity index (χ3v) is 2.01. The van der Waals surface area contributed by atoms with Gasteiger partial charge in [0.25, 0.3) is 0 Å². The first-order chi connectivity index (χ1) is 7.18. The van der Waals surface area contributed by atoms with Gasteiger partial charge in [0.05, 0.1) is 6.54 Å². The largest absolute Gasteiger partial charge is 0.352 e. The van der Waals surface area contributed by atoms with E-state index in [0.717, 1.165) is 17.2 Å². The highest BCUT2D eigenvalue weighted by Crippen LogP contribution is 2.21. The highest BCUT2D eigenvalue weighted by Gasteiger charge is 2.17. The number of nitrogens with zero attached hydrogens (tertiary/aromatic N) is 2. The number of hydrogen-bond donors (Lipinski definition) is 2. The molecule has 0 radical (unpaired) electrons. The monoisotopic (exact) mass is 213 g/mol. The number of hydrogen-bond acceptors (Lipinski definition) is 2. The Balaban J connectivity index is 2.38. The average molecular weight is 213 g/mol. The Kier molecular flexibility index (Phi) is 2.51. The molecule has 15 heavy (non-hydrogen) atoms. The lowest BCUT2D eigenvalue weighted by atomic mass is 10.3. The van der Waals surface area contributed by atoms with E-state index in [2.05, 4.69) is 10.3 Å². The van der Waals surface area contributed by atoms with Crippen LogP contribution in [-0.4, -0.2) is 29.3 Å². The van der Waals surface area contributed by atoms with Crippen LogP contribution in [0.25, 0.3) is 0 Å². The molecular formula is C9H9F2N3O. The number of para-hydroxylation sites is 1. The average Bonchev–Trinajstić information content (AvgIpc) is 2.58. The Morgan fingerprint density at radius 2 is 2.00 bits per heavy atom. The van der Waals surface area contributed by atoms with Crippen LogP contribution < -0.4 is 5.32 Å². The zero-order valence-electron chi connectivity index (χ0n) is 7.74. The van der Waals surface area contributed by atoms with E-state index < -0.39 is 17.3 Å². The predicted octanol–water partition coefficient (Wildman–Crippen LogP) is 1.25. The minimum atomic E-state index is -0.760. The second-order valence-corrected chi connectivity index (χ2v) is 3.06. The van der Waals surface area contributed by atoms with Gasteiger partial charge in [0.1, 0.15) is 5.69 Å². The molecule has 80 valence electrons. The molecule has 4 nitrogen and oxygen atoms in total. The number of hydroxylamine groups is 2. The van der Waals surface area contributed by atoms with Crippen LogP contribution in [-0.2, 0) is 0 Å². The van der Waals surface area contributed by atoms with Gasteiger partial charge in [-0.05, 0) is 12.1 Å². The lowest BCUT2D eigenvalue weighted by Gasteiger charge is -2.08. The molecule has 1 aromatic carbocycles. The maximum atomic E-state index is 13.2. The van der Waals surface area contributed by atoms with Gasteiger partial charge in [0.15, 0.2) is 11.6 Å². The fraction of sp³-hybridized carbons (Fsp3) is 0.222. The summed E-state index contributed by atoms with van der Waals surface area (Å²) in [6.07, 6.45) is 0. The fourth-order valence-electron chi connectivity index (χ4n) is 1.27. The minimum absolute atomic E-state index is 0.0546.